The van der Waals surface area contributed by atoms with Crippen molar-refractivity contribution in [2.24, 2.45) is 0 Å². The number of ether oxygens (including phenoxy) is 2. The van der Waals surface area contributed by atoms with E-state index in [1.54, 1.807) is 13.4 Å². The molecule has 3 rings (SSSR count). The number of nitrogens with zero attached hydrogens (tertiary/aromatic N) is 1. The van der Waals surface area contributed by atoms with Gasteiger partial charge in [0.05, 0.1) is 25.5 Å². The maximum Gasteiger partial charge on any atom is 0.166 e. The van der Waals surface area contributed by atoms with Gasteiger partial charge in [-0.15, -0.1) is 0 Å². The zero-order valence-corrected chi connectivity index (χ0v) is 16.0. The first-order valence-electron chi connectivity index (χ1n) is 9.49. The van der Waals surface area contributed by atoms with Crippen LogP contribution in [0.1, 0.15) is 44.1 Å². The highest BCUT2D eigenvalue weighted by Gasteiger charge is 2.25. The number of likely N-dealkylation sites (tertiary alicyclic amines) is 1. The van der Waals surface area contributed by atoms with E-state index in [0.29, 0.717) is 0 Å². The van der Waals surface area contributed by atoms with E-state index in [9.17, 15) is 0 Å². The maximum absolute atomic E-state index is 6.00. The van der Waals surface area contributed by atoms with E-state index in [0.717, 1.165) is 49.0 Å². The van der Waals surface area contributed by atoms with Crippen LogP contribution in [0, 0.1) is 0 Å². The van der Waals surface area contributed by atoms with E-state index in [-0.39, 0.29) is 12.1 Å². The molecule has 0 aliphatic carbocycles. The lowest BCUT2D eigenvalue weighted by atomic mass is 10.1. The lowest BCUT2D eigenvalue weighted by Gasteiger charge is -2.26. The van der Waals surface area contributed by atoms with Gasteiger partial charge in [0.1, 0.15) is 5.76 Å². The van der Waals surface area contributed by atoms with Crippen molar-refractivity contribution in [3.63, 3.8) is 0 Å². The molecule has 1 fully saturated rings. The Hall–Kier alpha value is -1.98. The fraction of sp³-hybridized carbons (Fsp3) is 0.524. The second kappa shape index (κ2) is 9.10. The van der Waals surface area contributed by atoms with Crippen molar-refractivity contribution in [3.05, 3.63) is 47.9 Å². The molecule has 26 heavy (non-hydrogen) atoms. The minimum atomic E-state index is 0.102. The maximum atomic E-state index is 6.00. The number of furan rings is 1. The summed E-state index contributed by atoms with van der Waals surface area (Å²) < 4.78 is 17.2. The molecule has 0 spiro atoms. The minimum Gasteiger partial charge on any atom is -0.493 e. The summed E-state index contributed by atoms with van der Waals surface area (Å²) in [6.45, 7) is 7.89. The van der Waals surface area contributed by atoms with E-state index in [1.165, 1.54) is 12.8 Å². The van der Waals surface area contributed by atoms with E-state index in [2.05, 4.69) is 22.3 Å². The van der Waals surface area contributed by atoms with Crippen LogP contribution in [0.3, 0.4) is 0 Å². The van der Waals surface area contributed by atoms with Gasteiger partial charge < -0.3 is 19.2 Å². The second-order valence-corrected chi connectivity index (χ2v) is 7.02. The summed E-state index contributed by atoms with van der Waals surface area (Å²) in [5, 5.41) is 3.59. The first kappa shape index (κ1) is 18.8. The first-order chi connectivity index (χ1) is 12.7. The third-order valence-electron chi connectivity index (χ3n) is 4.74. The molecule has 0 radical (unpaired) electrons. The molecule has 1 saturated heterocycles. The third kappa shape index (κ3) is 4.59. The van der Waals surface area contributed by atoms with E-state index >= 15 is 0 Å². The number of para-hydroxylation sites is 1. The van der Waals surface area contributed by atoms with Crippen molar-refractivity contribution in [2.45, 2.75) is 45.4 Å². The molecule has 1 unspecified atom stereocenters. The average molecular weight is 358 g/mol. The van der Waals surface area contributed by atoms with Crippen LogP contribution in [0.25, 0.3) is 0 Å². The summed E-state index contributed by atoms with van der Waals surface area (Å²) in [4.78, 5) is 2.50. The predicted octanol–water partition coefficient (Wildman–Crippen LogP) is 4.00. The monoisotopic (exact) mass is 358 g/mol. The lowest BCUT2D eigenvalue weighted by Crippen LogP contribution is -2.33. The normalized spacial score (nSPS) is 16.2. The molecule has 5 heteroatoms. The summed E-state index contributed by atoms with van der Waals surface area (Å²) in [6, 6.07) is 10.3. The van der Waals surface area contributed by atoms with Crippen LogP contribution in [0.4, 0.5) is 0 Å². The molecule has 1 N–H and O–H groups in total. The number of benzene rings is 1. The molecule has 1 aliphatic heterocycles. The summed E-state index contributed by atoms with van der Waals surface area (Å²) >= 11 is 0. The molecule has 0 saturated carbocycles. The Kier molecular flexibility index (Phi) is 6.58. The average Bonchev–Trinajstić information content (AvgIpc) is 3.33. The molecule has 142 valence electrons. The lowest BCUT2D eigenvalue weighted by molar-refractivity contribution is 0.207. The van der Waals surface area contributed by atoms with Gasteiger partial charge in [0.2, 0.25) is 0 Å². The molecule has 1 aliphatic rings. The molecule has 2 aromatic rings. The Labute approximate surface area is 156 Å². The highest BCUT2D eigenvalue weighted by atomic mass is 16.5. The predicted molar refractivity (Wildman–Crippen MR) is 103 cm³/mol. The van der Waals surface area contributed by atoms with Gasteiger partial charge in [0.25, 0.3) is 0 Å². The van der Waals surface area contributed by atoms with Gasteiger partial charge in [0, 0.05) is 18.7 Å². The van der Waals surface area contributed by atoms with E-state index < -0.39 is 0 Å². The fourth-order valence-electron chi connectivity index (χ4n) is 3.52. The Morgan fingerprint density at radius 3 is 2.62 bits per heavy atom. The Bertz CT molecular complexity index is 664. The molecule has 2 heterocycles. The minimum absolute atomic E-state index is 0.102. The van der Waals surface area contributed by atoms with Crippen LogP contribution in [-0.4, -0.2) is 37.7 Å². The molecule has 0 amide bonds. The largest absolute Gasteiger partial charge is 0.493 e. The van der Waals surface area contributed by atoms with Crippen LogP contribution in [0.2, 0.25) is 0 Å². The Balaban J connectivity index is 1.68. The van der Waals surface area contributed by atoms with Gasteiger partial charge >= 0.3 is 0 Å². The summed E-state index contributed by atoms with van der Waals surface area (Å²) in [7, 11) is 1.68. The van der Waals surface area contributed by atoms with Crippen molar-refractivity contribution in [2.75, 3.05) is 26.7 Å². The van der Waals surface area contributed by atoms with Gasteiger partial charge in [-0.3, -0.25) is 4.90 Å². The highest BCUT2D eigenvalue weighted by Crippen LogP contribution is 2.32. The smallest absolute Gasteiger partial charge is 0.166 e. The van der Waals surface area contributed by atoms with Crippen molar-refractivity contribution in [1.29, 1.82) is 0 Å². The molecule has 5 nitrogen and oxygen atoms in total. The number of hydrogen-bond donors (Lipinski definition) is 1. The molecule has 1 atom stereocenters. The highest BCUT2D eigenvalue weighted by molar-refractivity contribution is 5.46. The number of rotatable bonds is 9. The van der Waals surface area contributed by atoms with Crippen LogP contribution >= 0.6 is 0 Å². The fourth-order valence-corrected chi connectivity index (χ4v) is 3.52. The second-order valence-electron chi connectivity index (χ2n) is 7.02. The molecular formula is C21H30N2O3. The van der Waals surface area contributed by atoms with Crippen molar-refractivity contribution < 1.29 is 13.9 Å². The van der Waals surface area contributed by atoms with Gasteiger partial charge in [-0.05, 0) is 58.0 Å². The van der Waals surface area contributed by atoms with Crippen molar-refractivity contribution >= 4 is 0 Å². The van der Waals surface area contributed by atoms with Crippen LogP contribution in [0.15, 0.2) is 41.0 Å². The first-order valence-corrected chi connectivity index (χ1v) is 9.49. The zero-order chi connectivity index (χ0) is 18.4. The summed E-state index contributed by atoms with van der Waals surface area (Å²) in [5.41, 5.74) is 1.11. The molecule has 1 aromatic heterocycles. The molecule has 0 bridgehead atoms. The summed E-state index contributed by atoms with van der Waals surface area (Å²) in [6.07, 6.45) is 4.39. The van der Waals surface area contributed by atoms with Gasteiger partial charge in [0.15, 0.2) is 11.5 Å². The van der Waals surface area contributed by atoms with Gasteiger partial charge in [-0.25, -0.2) is 0 Å². The topological polar surface area (TPSA) is 46.9 Å². The van der Waals surface area contributed by atoms with Gasteiger partial charge in [-0.2, -0.15) is 0 Å². The van der Waals surface area contributed by atoms with Crippen LogP contribution < -0.4 is 14.8 Å². The Morgan fingerprint density at radius 1 is 1.15 bits per heavy atom. The van der Waals surface area contributed by atoms with Crippen LogP contribution in [0.5, 0.6) is 11.5 Å². The zero-order valence-electron chi connectivity index (χ0n) is 16.0. The quantitative estimate of drug-likeness (QED) is 0.734. The number of nitrogens with one attached hydrogen (secondary N) is 1. The third-order valence-corrected chi connectivity index (χ3v) is 4.74. The van der Waals surface area contributed by atoms with Crippen molar-refractivity contribution in [3.8, 4) is 11.5 Å². The van der Waals surface area contributed by atoms with Crippen LogP contribution in [-0.2, 0) is 6.54 Å². The number of methoxy groups -OCH3 is 1. The number of hydrogen-bond acceptors (Lipinski definition) is 5. The van der Waals surface area contributed by atoms with Gasteiger partial charge in [-0.1, -0.05) is 12.1 Å². The molecule has 1 aromatic carbocycles. The van der Waals surface area contributed by atoms with Crippen molar-refractivity contribution in [1.82, 2.24) is 10.2 Å². The summed E-state index contributed by atoms with van der Waals surface area (Å²) in [5.74, 6) is 2.64. The molecular weight excluding hydrogens is 328 g/mol. The standard InChI is InChI=1S/C21H30N2O3/c1-16(2)26-21-17(8-6-9-20(21)24-3)14-22-15-18(19-10-7-13-25-19)23-11-4-5-12-23/h6-10,13,16,18,22H,4-5,11-12,14-15H2,1-3H3. The van der Waals surface area contributed by atoms with E-state index in [1.807, 2.05) is 32.0 Å². The van der Waals surface area contributed by atoms with E-state index in [4.69, 9.17) is 13.9 Å². The SMILES string of the molecule is COc1cccc(CNCC(c2ccco2)N2CCCC2)c1OC(C)C. The Morgan fingerprint density at radius 2 is 1.96 bits per heavy atom.